The minimum absolute atomic E-state index is 0. The van der Waals surface area contributed by atoms with Gasteiger partial charge in [0.25, 0.3) is 0 Å². The van der Waals surface area contributed by atoms with E-state index in [0.717, 1.165) is 0 Å². The first kappa shape index (κ1) is 21.4. The fourth-order valence-electron chi connectivity index (χ4n) is 4.25. The second kappa shape index (κ2) is 8.58. The third-order valence-electron chi connectivity index (χ3n) is 5.54. The van der Waals surface area contributed by atoms with E-state index in [4.69, 9.17) is 0 Å². The topological polar surface area (TPSA) is 4.93 Å². The maximum atomic E-state index is 2.51. The molecule has 2 aromatic carbocycles. The Morgan fingerprint density at radius 2 is 1.71 bits per heavy atom. The fourth-order valence-corrected chi connectivity index (χ4v) is 8.36. The summed E-state index contributed by atoms with van der Waals surface area (Å²) < 4.78 is 4.85. The molecule has 2 aliphatic carbocycles. The molecule has 0 saturated carbocycles. The van der Waals surface area contributed by atoms with E-state index < -0.39 is 23.2 Å². The zero-order chi connectivity index (χ0) is 17.7. The Labute approximate surface area is 190 Å². The van der Waals surface area contributed by atoms with E-state index in [-0.39, 0.29) is 24.8 Å². The van der Waals surface area contributed by atoms with Crippen molar-refractivity contribution in [1.29, 1.82) is 0 Å². The summed E-state index contributed by atoms with van der Waals surface area (Å²) in [5.41, 5.74) is 8.64. The molecule has 0 spiro atoms. The van der Waals surface area contributed by atoms with Gasteiger partial charge in [0, 0.05) is 0 Å². The van der Waals surface area contributed by atoms with Crippen LogP contribution in [0.2, 0.25) is 0 Å². The van der Waals surface area contributed by atoms with Gasteiger partial charge in [0.2, 0.25) is 0 Å². The Bertz CT molecular complexity index is 1120. The van der Waals surface area contributed by atoms with E-state index >= 15 is 0 Å². The van der Waals surface area contributed by atoms with E-state index in [0.29, 0.717) is 3.63 Å². The van der Waals surface area contributed by atoms with Gasteiger partial charge in [0.15, 0.2) is 0 Å². The van der Waals surface area contributed by atoms with Crippen molar-refractivity contribution in [2.45, 2.75) is 23.9 Å². The summed E-state index contributed by atoms with van der Waals surface area (Å²) >= 11 is -0.757. The van der Waals surface area contributed by atoms with Crippen molar-refractivity contribution in [2.24, 2.45) is 0 Å². The second-order valence-corrected chi connectivity index (χ2v) is 10.8. The van der Waals surface area contributed by atoms with Crippen LogP contribution in [0.4, 0.5) is 0 Å². The zero-order valence-corrected chi connectivity index (χ0v) is 19.9. The molecule has 1 atom stereocenters. The van der Waals surface area contributed by atoms with E-state index in [2.05, 4.69) is 91.2 Å². The second-order valence-electron chi connectivity index (χ2n) is 7.22. The molecule has 28 heavy (non-hydrogen) atoms. The Morgan fingerprint density at radius 1 is 0.964 bits per heavy atom. The molecule has 1 nitrogen and oxygen atoms in total. The molecule has 0 fully saturated rings. The summed E-state index contributed by atoms with van der Waals surface area (Å²) in [6, 6.07) is 20.1. The number of para-hydroxylation sites is 1. The van der Waals surface area contributed by atoms with E-state index in [9.17, 15) is 0 Å². The maximum absolute atomic E-state index is 2.51. The van der Waals surface area contributed by atoms with Crippen LogP contribution >= 0.6 is 0 Å². The largest absolute Gasteiger partial charge is 1.00 e. The number of benzene rings is 2. The van der Waals surface area contributed by atoms with Crippen LogP contribution in [0.5, 0.6) is 0 Å². The summed E-state index contributed by atoms with van der Waals surface area (Å²) in [7, 11) is 0. The predicted molar refractivity (Wildman–Crippen MR) is 106 cm³/mol. The van der Waals surface area contributed by atoms with Crippen LogP contribution in [0.1, 0.15) is 33.8 Å². The summed E-state index contributed by atoms with van der Waals surface area (Å²) in [5, 5.41) is 1.34. The number of halogens is 2. The Kier molecular flexibility index (Phi) is 6.55. The molecular weight excluding hydrogens is 464 g/mol. The molecule has 0 saturated heterocycles. The monoisotopic (exact) mass is 483 g/mol. The molecule has 0 bridgehead atoms. The van der Waals surface area contributed by atoms with Crippen molar-refractivity contribution in [3.8, 4) is 0 Å². The van der Waals surface area contributed by atoms with Crippen molar-refractivity contribution in [2.75, 3.05) is 0 Å². The average molecular weight is 486 g/mol. The molecule has 4 heteroatoms. The number of nitrogens with zero attached hydrogens (tertiary/aromatic N) is 1. The van der Waals surface area contributed by atoms with Crippen LogP contribution in [0.25, 0.3) is 22.7 Å². The summed E-state index contributed by atoms with van der Waals surface area (Å²) in [6.07, 6.45) is 8.27. The molecule has 0 aliphatic heterocycles. The van der Waals surface area contributed by atoms with Crippen LogP contribution in [-0.2, 0) is 23.2 Å². The van der Waals surface area contributed by atoms with Gasteiger partial charge in [-0.1, -0.05) is 0 Å². The molecule has 1 unspecified atom stereocenters. The number of aryl methyl sites for hydroxylation is 1. The summed E-state index contributed by atoms with van der Waals surface area (Å²) in [4.78, 5) is 0. The van der Waals surface area contributed by atoms with Crippen molar-refractivity contribution in [3.63, 3.8) is 0 Å². The SMILES string of the molecule is CC1=[C]([Zr+2][CH]2C(n3c(C)cc4ccccc43)=Cc3ccccc32)CC=C1.[Cl-].[Cl-]. The van der Waals surface area contributed by atoms with Crippen molar-refractivity contribution in [3.05, 3.63) is 92.4 Å². The molecular formula is C24H21Cl2NZr. The van der Waals surface area contributed by atoms with Gasteiger partial charge in [-0.3, -0.25) is 0 Å². The third-order valence-corrected chi connectivity index (χ3v) is 10.1. The van der Waals surface area contributed by atoms with Crippen LogP contribution in [0, 0.1) is 6.92 Å². The molecule has 0 N–H and O–H groups in total. The van der Waals surface area contributed by atoms with Gasteiger partial charge in [0.05, 0.1) is 0 Å². The summed E-state index contributed by atoms with van der Waals surface area (Å²) in [6.45, 7) is 4.54. The Balaban J connectivity index is 0.00000112. The van der Waals surface area contributed by atoms with Gasteiger partial charge in [-0.2, -0.15) is 0 Å². The normalized spacial score (nSPS) is 17.1. The maximum Gasteiger partial charge on any atom is -1.00 e. The van der Waals surface area contributed by atoms with Gasteiger partial charge < -0.3 is 24.8 Å². The van der Waals surface area contributed by atoms with Crippen LogP contribution in [0.3, 0.4) is 0 Å². The Morgan fingerprint density at radius 3 is 2.50 bits per heavy atom. The molecule has 1 heterocycles. The number of aromatic nitrogens is 1. The molecule has 140 valence electrons. The first-order chi connectivity index (χ1) is 12.7. The minimum Gasteiger partial charge on any atom is -1.00 e. The van der Waals surface area contributed by atoms with Gasteiger partial charge >= 0.3 is 167 Å². The first-order valence-electron chi connectivity index (χ1n) is 9.23. The number of rotatable bonds is 3. The minimum atomic E-state index is -0.757. The van der Waals surface area contributed by atoms with Crippen LogP contribution < -0.4 is 24.8 Å². The van der Waals surface area contributed by atoms with Crippen LogP contribution in [0.15, 0.2) is 75.6 Å². The van der Waals surface area contributed by atoms with Crippen LogP contribution in [-0.4, -0.2) is 4.57 Å². The van der Waals surface area contributed by atoms with E-state index in [1.54, 1.807) is 8.84 Å². The quantitative estimate of drug-likeness (QED) is 0.504. The van der Waals surface area contributed by atoms with Gasteiger partial charge in [-0.25, -0.2) is 0 Å². The Hall–Kier alpha value is -1.34. The fraction of sp³-hybridized carbons (Fsp3) is 0.167. The summed E-state index contributed by atoms with van der Waals surface area (Å²) in [5.74, 6) is 0. The number of allylic oxidation sites excluding steroid dienone is 5. The van der Waals surface area contributed by atoms with Crippen molar-refractivity contribution in [1.82, 2.24) is 4.57 Å². The molecule has 2 aliphatic rings. The standard InChI is InChI=1S/C18H14N.C6H7.2ClH.Zr/c1-13-10-16-8-4-5-9-18(16)19(13)17-11-14-6-2-3-7-15(14)12-17;1-6-4-2-3-5-6;;;/h2-12H,1H3;2,4H,3H2,1H3;2*1H;/q;;;;+2/p-2. The van der Waals surface area contributed by atoms with Crippen molar-refractivity contribution < 1.29 is 48.0 Å². The van der Waals surface area contributed by atoms with Crippen molar-refractivity contribution >= 4 is 22.7 Å². The van der Waals surface area contributed by atoms with Gasteiger partial charge in [0.1, 0.15) is 0 Å². The predicted octanol–water partition coefficient (Wildman–Crippen LogP) is 0.327. The number of fused-ring (bicyclic) bond motifs is 2. The third kappa shape index (κ3) is 3.52. The molecule has 1 aromatic heterocycles. The molecule has 3 aromatic rings. The smallest absolute Gasteiger partial charge is 1.00 e. The molecule has 5 rings (SSSR count). The van der Waals surface area contributed by atoms with E-state index in [1.807, 2.05) is 0 Å². The zero-order valence-electron chi connectivity index (χ0n) is 15.9. The molecule has 0 radical (unpaired) electrons. The first-order valence-corrected chi connectivity index (χ1v) is 11.9. The van der Waals surface area contributed by atoms with Gasteiger partial charge in [-0.05, 0) is 0 Å². The average Bonchev–Trinajstić information content (AvgIpc) is 3.31. The van der Waals surface area contributed by atoms with Gasteiger partial charge in [-0.15, -0.1) is 0 Å². The van der Waals surface area contributed by atoms with E-state index in [1.165, 1.54) is 39.9 Å². The number of hydrogen-bond acceptors (Lipinski definition) is 0. The molecule has 0 amide bonds. The number of hydrogen-bond donors (Lipinski definition) is 0.